The number of carbonyl (C=O) groups is 3. The van der Waals surface area contributed by atoms with Gasteiger partial charge >= 0.3 is 18.1 Å². The van der Waals surface area contributed by atoms with Crippen molar-refractivity contribution in [3.8, 4) is 0 Å². The number of aromatic nitrogens is 1. The second-order valence-electron chi connectivity index (χ2n) is 5.26. The summed E-state index contributed by atoms with van der Waals surface area (Å²) in [6.45, 7) is 0. The lowest BCUT2D eigenvalue weighted by atomic mass is 10.1. The molecule has 0 amide bonds. The highest BCUT2D eigenvalue weighted by molar-refractivity contribution is 6.06. The van der Waals surface area contributed by atoms with Crippen LogP contribution in [0.1, 0.15) is 21.5 Å². The standard InChI is InChI=1S/C19H11F4NO4/c20-15-10-12(4-8-17(26)28-18(27)19(21,22)23)3-5-13(15)6-7-16(25)14-2-1-9-24-11-14/h1-11H/b7-6+,8-4+. The lowest BCUT2D eigenvalue weighted by Crippen LogP contribution is -2.27. The van der Waals surface area contributed by atoms with Crippen LogP contribution >= 0.6 is 0 Å². The van der Waals surface area contributed by atoms with E-state index in [1.54, 1.807) is 12.1 Å². The predicted molar refractivity (Wildman–Crippen MR) is 90.2 cm³/mol. The third kappa shape index (κ3) is 5.97. The summed E-state index contributed by atoms with van der Waals surface area (Å²) in [5.74, 6) is -5.31. The van der Waals surface area contributed by atoms with Crippen molar-refractivity contribution in [1.29, 1.82) is 0 Å². The van der Waals surface area contributed by atoms with Gasteiger partial charge in [0.25, 0.3) is 0 Å². The summed E-state index contributed by atoms with van der Waals surface area (Å²) in [4.78, 5) is 37.4. The maximum Gasteiger partial charge on any atom is 0.491 e. The number of benzene rings is 1. The molecule has 1 aromatic heterocycles. The number of esters is 2. The number of halogens is 4. The van der Waals surface area contributed by atoms with Crippen molar-refractivity contribution in [3.05, 3.63) is 77.4 Å². The van der Waals surface area contributed by atoms with Crippen LogP contribution < -0.4 is 0 Å². The highest BCUT2D eigenvalue weighted by Gasteiger charge is 2.42. The minimum absolute atomic E-state index is 0.0733. The molecule has 5 nitrogen and oxygen atoms in total. The first-order valence-corrected chi connectivity index (χ1v) is 7.60. The molecule has 0 saturated carbocycles. The molecule has 0 aliphatic carbocycles. The first-order valence-electron chi connectivity index (χ1n) is 7.60. The first-order chi connectivity index (χ1) is 13.2. The molecule has 0 radical (unpaired) electrons. The van der Waals surface area contributed by atoms with Gasteiger partial charge in [0.2, 0.25) is 0 Å². The molecular formula is C19H11F4NO4. The summed E-state index contributed by atoms with van der Waals surface area (Å²) >= 11 is 0. The normalized spacial score (nSPS) is 11.7. The Morgan fingerprint density at radius 2 is 1.79 bits per heavy atom. The molecule has 2 rings (SSSR count). The van der Waals surface area contributed by atoms with Gasteiger partial charge in [0.05, 0.1) is 0 Å². The van der Waals surface area contributed by atoms with Gasteiger partial charge in [0.1, 0.15) is 5.82 Å². The predicted octanol–water partition coefficient (Wildman–Crippen LogP) is 3.76. The van der Waals surface area contributed by atoms with Crippen LogP contribution in [-0.4, -0.2) is 28.9 Å². The van der Waals surface area contributed by atoms with Gasteiger partial charge in [-0.1, -0.05) is 12.1 Å². The Morgan fingerprint density at radius 1 is 1.04 bits per heavy atom. The number of hydrogen-bond donors (Lipinski definition) is 0. The summed E-state index contributed by atoms with van der Waals surface area (Å²) in [6, 6.07) is 6.77. The second-order valence-corrected chi connectivity index (χ2v) is 5.26. The second kappa shape index (κ2) is 8.85. The molecule has 0 atom stereocenters. The van der Waals surface area contributed by atoms with Crippen LogP contribution in [0.5, 0.6) is 0 Å². The van der Waals surface area contributed by atoms with E-state index >= 15 is 0 Å². The molecule has 9 heteroatoms. The van der Waals surface area contributed by atoms with Crippen LogP contribution in [0.4, 0.5) is 17.6 Å². The van der Waals surface area contributed by atoms with E-state index in [1.807, 2.05) is 0 Å². The highest BCUT2D eigenvalue weighted by atomic mass is 19.4. The van der Waals surface area contributed by atoms with Crippen LogP contribution in [0.3, 0.4) is 0 Å². The number of allylic oxidation sites excluding steroid dienone is 1. The van der Waals surface area contributed by atoms with Crippen molar-refractivity contribution >= 4 is 29.9 Å². The smallest absolute Gasteiger partial charge is 0.383 e. The van der Waals surface area contributed by atoms with Crippen LogP contribution in [0.25, 0.3) is 12.2 Å². The maximum atomic E-state index is 14.1. The number of alkyl halides is 3. The number of carbonyl (C=O) groups excluding carboxylic acids is 3. The van der Waals surface area contributed by atoms with Crippen molar-refractivity contribution < 1.29 is 36.7 Å². The van der Waals surface area contributed by atoms with E-state index in [0.717, 1.165) is 18.2 Å². The Morgan fingerprint density at radius 3 is 2.39 bits per heavy atom. The molecule has 2 aromatic rings. The third-order valence-corrected chi connectivity index (χ3v) is 3.22. The van der Waals surface area contributed by atoms with Gasteiger partial charge in [-0.3, -0.25) is 9.78 Å². The average molecular weight is 393 g/mol. The Bertz CT molecular complexity index is 950. The molecule has 28 heavy (non-hydrogen) atoms. The Hall–Kier alpha value is -3.62. The lowest BCUT2D eigenvalue weighted by molar-refractivity contribution is -0.200. The van der Waals surface area contributed by atoms with Crippen LogP contribution in [0, 0.1) is 5.82 Å². The molecule has 0 bridgehead atoms. The van der Waals surface area contributed by atoms with E-state index in [9.17, 15) is 31.9 Å². The summed E-state index contributed by atoms with van der Waals surface area (Å²) in [7, 11) is 0. The van der Waals surface area contributed by atoms with Gasteiger partial charge in [-0.25, -0.2) is 14.0 Å². The fourth-order valence-corrected chi connectivity index (χ4v) is 1.90. The minimum Gasteiger partial charge on any atom is -0.383 e. The van der Waals surface area contributed by atoms with Gasteiger partial charge in [-0.15, -0.1) is 0 Å². The van der Waals surface area contributed by atoms with Crippen molar-refractivity contribution in [1.82, 2.24) is 4.98 Å². The van der Waals surface area contributed by atoms with E-state index in [-0.39, 0.29) is 16.9 Å². The Labute approximate surface area is 156 Å². The average Bonchev–Trinajstić information content (AvgIpc) is 2.65. The Balaban J connectivity index is 2.04. The number of ketones is 1. The molecule has 0 fully saturated rings. The quantitative estimate of drug-likeness (QED) is 0.254. The van der Waals surface area contributed by atoms with Gasteiger partial charge in [0, 0.05) is 29.6 Å². The van der Waals surface area contributed by atoms with Crippen molar-refractivity contribution in [2.24, 2.45) is 0 Å². The topological polar surface area (TPSA) is 73.3 Å². The van der Waals surface area contributed by atoms with E-state index in [4.69, 9.17) is 0 Å². The fourth-order valence-electron chi connectivity index (χ4n) is 1.90. The number of pyridine rings is 1. The monoisotopic (exact) mass is 393 g/mol. The van der Waals surface area contributed by atoms with Gasteiger partial charge < -0.3 is 4.74 Å². The van der Waals surface area contributed by atoms with Crippen LogP contribution in [-0.2, 0) is 14.3 Å². The van der Waals surface area contributed by atoms with Crippen molar-refractivity contribution in [2.75, 3.05) is 0 Å². The zero-order chi connectivity index (χ0) is 20.7. The molecule has 144 valence electrons. The largest absolute Gasteiger partial charge is 0.491 e. The number of hydrogen-bond acceptors (Lipinski definition) is 5. The molecule has 0 unspecified atom stereocenters. The van der Waals surface area contributed by atoms with Crippen molar-refractivity contribution in [3.63, 3.8) is 0 Å². The zero-order valence-corrected chi connectivity index (χ0v) is 13.9. The van der Waals surface area contributed by atoms with Crippen molar-refractivity contribution in [2.45, 2.75) is 6.18 Å². The molecule has 0 spiro atoms. The molecular weight excluding hydrogens is 382 g/mol. The molecule has 0 aliphatic heterocycles. The summed E-state index contributed by atoms with van der Waals surface area (Å²) in [5.41, 5.74) is 0.527. The van der Waals surface area contributed by atoms with Gasteiger partial charge in [-0.2, -0.15) is 13.2 Å². The van der Waals surface area contributed by atoms with Gasteiger partial charge in [-0.05, 0) is 42.0 Å². The molecule has 0 aliphatic rings. The molecule has 1 heterocycles. The van der Waals surface area contributed by atoms with E-state index in [1.165, 1.54) is 30.6 Å². The third-order valence-electron chi connectivity index (χ3n) is 3.22. The van der Waals surface area contributed by atoms with Crippen LogP contribution in [0.2, 0.25) is 0 Å². The fraction of sp³-hybridized carbons (Fsp3) is 0.0526. The zero-order valence-electron chi connectivity index (χ0n) is 13.9. The maximum absolute atomic E-state index is 14.1. The SMILES string of the molecule is O=C(/C=C/c1ccc(/C=C/C(=O)c2cccnc2)c(F)c1)OC(=O)C(F)(F)F. The number of nitrogens with zero attached hydrogens (tertiary/aromatic N) is 1. The summed E-state index contributed by atoms with van der Waals surface area (Å²) < 4.78 is 53.5. The lowest BCUT2D eigenvalue weighted by Gasteiger charge is -2.03. The summed E-state index contributed by atoms with van der Waals surface area (Å²) in [5, 5.41) is 0. The molecule has 0 saturated heterocycles. The number of rotatable bonds is 5. The van der Waals surface area contributed by atoms with E-state index in [2.05, 4.69) is 9.72 Å². The van der Waals surface area contributed by atoms with Crippen LogP contribution in [0.15, 0.2) is 54.9 Å². The van der Waals surface area contributed by atoms with E-state index < -0.39 is 23.9 Å². The van der Waals surface area contributed by atoms with E-state index in [0.29, 0.717) is 11.6 Å². The molecule has 1 aromatic carbocycles. The Kier molecular flexibility index (Phi) is 6.54. The summed E-state index contributed by atoms with van der Waals surface area (Å²) in [6.07, 6.45) is 1.50. The first kappa shape index (κ1) is 20.7. The van der Waals surface area contributed by atoms with Gasteiger partial charge in [0.15, 0.2) is 5.78 Å². The highest BCUT2D eigenvalue weighted by Crippen LogP contribution is 2.17. The number of ether oxygens (including phenoxy) is 1. The minimum atomic E-state index is -5.29. The molecule has 0 N–H and O–H groups in total.